The van der Waals surface area contributed by atoms with Crippen LogP contribution < -0.4 is 0 Å². The molecule has 0 atom stereocenters. The van der Waals surface area contributed by atoms with Crippen LogP contribution in [0.2, 0.25) is 0 Å². The Kier molecular flexibility index (Phi) is 1.36. The maximum Gasteiger partial charge on any atom is 0.200 e. The van der Waals surface area contributed by atoms with Crippen molar-refractivity contribution in [1.82, 2.24) is 0 Å². The molecule has 54 valence electrons. The second kappa shape index (κ2) is 2.24. The van der Waals surface area contributed by atoms with Crippen LogP contribution in [-0.2, 0) is 0 Å². The number of Topliss-reactive ketones (excluding diaryl/α,β-unsaturated/α-hetero) is 1. The SMILES string of the molecule is C=C1Sc2ccccc2C1=O. The van der Waals surface area contributed by atoms with Gasteiger partial charge in [0, 0.05) is 10.5 Å². The maximum absolute atomic E-state index is 11.3. The van der Waals surface area contributed by atoms with E-state index >= 15 is 0 Å². The zero-order valence-electron chi connectivity index (χ0n) is 5.83. The summed E-state index contributed by atoms with van der Waals surface area (Å²) in [7, 11) is 0. The Labute approximate surface area is 69.1 Å². The zero-order chi connectivity index (χ0) is 7.84. The summed E-state index contributed by atoms with van der Waals surface area (Å²) < 4.78 is 0. The van der Waals surface area contributed by atoms with E-state index in [0.717, 1.165) is 10.5 Å². The highest BCUT2D eigenvalue weighted by Gasteiger charge is 2.22. The highest BCUT2D eigenvalue weighted by atomic mass is 32.2. The average molecular weight is 162 g/mol. The largest absolute Gasteiger partial charge is 0.288 e. The third kappa shape index (κ3) is 0.906. The fourth-order valence-corrected chi connectivity index (χ4v) is 1.96. The van der Waals surface area contributed by atoms with Crippen LogP contribution >= 0.6 is 11.8 Å². The van der Waals surface area contributed by atoms with E-state index in [1.165, 1.54) is 11.8 Å². The van der Waals surface area contributed by atoms with Crippen LogP contribution in [0, 0.1) is 0 Å². The number of rotatable bonds is 0. The lowest BCUT2D eigenvalue weighted by molar-refractivity contribution is 0.104. The van der Waals surface area contributed by atoms with Gasteiger partial charge in [0.15, 0.2) is 5.78 Å². The molecule has 0 fully saturated rings. The van der Waals surface area contributed by atoms with Crippen molar-refractivity contribution >= 4 is 17.5 Å². The summed E-state index contributed by atoms with van der Waals surface area (Å²) in [6.45, 7) is 3.66. The van der Waals surface area contributed by atoms with Crippen LogP contribution in [-0.4, -0.2) is 5.78 Å². The van der Waals surface area contributed by atoms with E-state index in [2.05, 4.69) is 6.58 Å². The van der Waals surface area contributed by atoms with E-state index in [1.807, 2.05) is 24.3 Å². The number of thioether (sulfide) groups is 1. The van der Waals surface area contributed by atoms with Gasteiger partial charge in [-0.1, -0.05) is 30.5 Å². The standard InChI is InChI=1S/C9H6OS/c1-6-9(10)7-4-2-3-5-8(7)11-6/h2-5H,1H2. The monoisotopic (exact) mass is 162 g/mol. The maximum atomic E-state index is 11.3. The molecule has 1 aromatic carbocycles. The van der Waals surface area contributed by atoms with Crippen molar-refractivity contribution in [2.45, 2.75) is 4.90 Å². The molecular formula is C9H6OS. The Hall–Kier alpha value is -1.02. The minimum absolute atomic E-state index is 0.0746. The molecule has 0 radical (unpaired) electrons. The summed E-state index contributed by atoms with van der Waals surface area (Å²) in [6.07, 6.45) is 0. The summed E-state index contributed by atoms with van der Waals surface area (Å²) >= 11 is 1.46. The van der Waals surface area contributed by atoms with E-state index < -0.39 is 0 Å². The highest BCUT2D eigenvalue weighted by molar-refractivity contribution is 8.04. The summed E-state index contributed by atoms with van der Waals surface area (Å²) in [5, 5.41) is 0. The predicted octanol–water partition coefficient (Wildman–Crippen LogP) is 2.49. The van der Waals surface area contributed by atoms with Crippen LogP contribution in [0.1, 0.15) is 10.4 Å². The highest BCUT2D eigenvalue weighted by Crippen LogP contribution is 2.38. The quantitative estimate of drug-likeness (QED) is 0.545. The average Bonchev–Trinajstić information content (AvgIpc) is 2.30. The van der Waals surface area contributed by atoms with Crippen molar-refractivity contribution in [2.24, 2.45) is 0 Å². The van der Waals surface area contributed by atoms with Gasteiger partial charge < -0.3 is 0 Å². The van der Waals surface area contributed by atoms with Crippen molar-refractivity contribution in [3.8, 4) is 0 Å². The van der Waals surface area contributed by atoms with Gasteiger partial charge in [0.25, 0.3) is 0 Å². The van der Waals surface area contributed by atoms with E-state index in [0.29, 0.717) is 4.91 Å². The van der Waals surface area contributed by atoms with Gasteiger partial charge in [-0.2, -0.15) is 0 Å². The lowest BCUT2D eigenvalue weighted by Crippen LogP contribution is -1.91. The molecule has 0 bridgehead atoms. The third-order valence-electron chi connectivity index (χ3n) is 1.62. The van der Waals surface area contributed by atoms with Gasteiger partial charge >= 0.3 is 0 Å². The molecule has 0 aromatic heterocycles. The molecule has 0 unspecified atom stereocenters. The summed E-state index contributed by atoms with van der Waals surface area (Å²) in [5.41, 5.74) is 0.794. The van der Waals surface area contributed by atoms with Crippen molar-refractivity contribution < 1.29 is 4.79 Å². The van der Waals surface area contributed by atoms with Crippen molar-refractivity contribution in [3.63, 3.8) is 0 Å². The lowest BCUT2D eigenvalue weighted by Gasteiger charge is -1.90. The Morgan fingerprint density at radius 1 is 1.27 bits per heavy atom. The van der Waals surface area contributed by atoms with Crippen molar-refractivity contribution in [1.29, 1.82) is 0 Å². The first kappa shape index (κ1) is 6.68. The molecule has 1 aliphatic heterocycles. The van der Waals surface area contributed by atoms with Gasteiger partial charge in [0.1, 0.15) is 0 Å². The van der Waals surface area contributed by atoms with Crippen LogP contribution in [0.25, 0.3) is 0 Å². The van der Waals surface area contributed by atoms with Gasteiger partial charge in [-0.25, -0.2) is 0 Å². The smallest absolute Gasteiger partial charge is 0.200 e. The first-order valence-electron chi connectivity index (χ1n) is 3.29. The molecule has 0 N–H and O–H groups in total. The first-order valence-corrected chi connectivity index (χ1v) is 4.11. The molecule has 1 aliphatic rings. The predicted molar refractivity (Wildman–Crippen MR) is 45.8 cm³/mol. The fourth-order valence-electron chi connectivity index (χ4n) is 1.07. The van der Waals surface area contributed by atoms with E-state index in [9.17, 15) is 4.79 Å². The summed E-state index contributed by atoms with van der Waals surface area (Å²) in [6, 6.07) is 7.58. The molecular weight excluding hydrogens is 156 g/mol. The van der Waals surface area contributed by atoms with Gasteiger partial charge in [-0.3, -0.25) is 4.79 Å². The van der Waals surface area contributed by atoms with E-state index in [4.69, 9.17) is 0 Å². The number of carbonyl (C=O) groups excluding carboxylic acids is 1. The Bertz CT molecular complexity index is 341. The number of benzene rings is 1. The molecule has 1 heterocycles. The molecule has 1 nitrogen and oxygen atoms in total. The Morgan fingerprint density at radius 2 is 2.00 bits per heavy atom. The van der Waals surface area contributed by atoms with Crippen LogP contribution in [0.15, 0.2) is 40.6 Å². The summed E-state index contributed by atoms with van der Waals surface area (Å²) in [4.78, 5) is 12.9. The van der Waals surface area contributed by atoms with Crippen LogP contribution in [0.4, 0.5) is 0 Å². The number of ketones is 1. The second-order valence-electron chi connectivity index (χ2n) is 2.35. The first-order chi connectivity index (χ1) is 5.29. The van der Waals surface area contributed by atoms with Gasteiger partial charge in [0.2, 0.25) is 0 Å². The molecule has 1 aromatic rings. The van der Waals surface area contributed by atoms with Gasteiger partial charge in [-0.15, -0.1) is 0 Å². The second-order valence-corrected chi connectivity index (χ2v) is 3.49. The number of hydrogen-bond donors (Lipinski definition) is 0. The van der Waals surface area contributed by atoms with Crippen LogP contribution in [0.5, 0.6) is 0 Å². The number of allylic oxidation sites excluding steroid dienone is 1. The van der Waals surface area contributed by atoms with Gasteiger partial charge in [-0.05, 0) is 12.1 Å². The summed E-state index contributed by atoms with van der Waals surface area (Å²) in [5.74, 6) is 0.0746. The molecule has 0 saturated carbocycles. The zero-order valence-corrected chi connectivity index (χ0v) is 6.65. The molecule has 0 saturated heterocycles. The number of carbonyl (C=O) groups is 1. The molecule has 0 amide bonds. The topological polar surface area (TPSA) is 17.1 Å². The molecule has 0 aliphatic carbocycles. The van der Waals surface area contributed by atoms with E-state index in [1.54, 1.807) is 0 Å². The Morgan fingerprint density at radius 3 is 2.73 bits per heavy atom. The normalized spacial score (nSPS) is 15.3. The van der Waals surface area contributed by atoms with Crippen LogP contribution in [0.3, 0.4) is 0 Å². The third-order valence-corrected chi connectivity index (χ3v) is 2.63. The molecule has 2 heteroatoms. The molecule has 11 heavy (non-hydrogen) atoms. The molecule has 0 spiro atoms. The van der Waals surface area contributed by atoms with Crippen molar-refractivity contribution in [2.75, 3.05) is 0 Å². The lowest BCUT2D eigenvalue weighted by atomic mass is 10.1. The minimum atomic E-state index is 0.0746. The number of fused-ring (bicyclic) bond motifs is 1. The van der Waals surface area contributed by atoms with Gasteiger partial charge in [0.05, 0.1) is 4.91 Å². The minimum Gasteiger partial charge on any atom is -0.288 e. The Balaban J connectivity index is 2.64. The molecule has 2 rings (SSSR count). The number of hydrogen-bond acceptors (Lipinski definition) is 2. The van der Waals surface area contributed by atoms with Crippen molar-refractivity contribution in [3.05, 3.63) is 41.3 Å². The fraction of sp³-hybridized carbons (Fsp3) is 0. The van der Waals surface area contributed by atoms with E-state index in [-0.39, 0.29) is 5.78 Å².